The summed E-state index contributed by atoms with van der Waals surface area (Å²) >= 11 is 0. The summed E-state index contributed by atoms with van der Waals surface area (Å²) in [6, 6.07) is 6.47. The summed E-state index contributed by atoms with van der Waals surface area (Å²) in [5.41, 5.74) is 0.895. The number of ether oxygens (including phenoxy) is 1. The van der Waals surface area contributed by atoms with Gasteiger partial charge in [0.1, 0.15) is 5.82 Å². The van der Waals surface area contributed by atoms with Crippen molar-refractivity contribution in [2.75, 3.05) is 27.3 Å². The number of aliphatic hydroxyl groups is 1. The summed E-state index contributed by atoms with van der Waals surface area (Å²) in [6.45, 7) is 1.43. The molecule has 0 aliphatic carbocycles. The molecule has 16 heavy (non-hydrogen) atoms. The molecule has 1 aromatic rings. The average Bonchev–Trinajstić information content (AvgIpc) is 2.17. The fourth-order valence-corrected chi connectivity index (χ4v) is 1.62. The molecule has 1 unspecified atom stereocenters. The third kappa shape index (κ3) is 4.70. The predicted molar refractivity (Wildman–Crippen MR) is 60.6 cm³/mol. The van der Waals surface area contributed by atoms with E-state index in [0.717, 1.165) is 5.56 Å². The molecule has 0 amide bonds. The molecule has 0 saturated carbocycles. The third-order valence-electron chi connectivity index (χ3n) is 2.22. The highest BCUT2D eigenvalue weighted by Gasteiger charge is 2.08. The van der Waals surface area contributed by atoms with E-state index >= 15 is 0 Å². The van der Waals surface area contributed by atoms with E-state index in [-0.39, 0.29) is 5.82 Å². The van der Waals surface area contributed by atoms with E-state index in [9.17, 15) is 9.50 Å². The number of halogens is 1. The van der Waals surface area contributed by atoms with Gasteiger partial charge in [0.2, 0.25) is 0 Å². The number of nitrogens with zero attached hydrogens (tertiary/aromatic N) is 1. The molecule has 0 aromatic heterocycles. The molecule has 1 aromatic carbocycles. The zero-order chi connectivity index (χ0) is 12.0. The standard InChI is InChI=1S/C12H18FNO2/c1-14(8-12(15)9-16-2)7-10-4-3-5-11(13)6-10/h3-6,12,15H,7-9H2,1-2H3. The number of methoxy groups -OCH3 is 1. The van der Waals surface area contributed by atoms with Gasteiger partial charge >= 0.3 is 0 Å². The lowest BCUT2D eigenvalue weighted by molar-refractivity contribution is 0.0419. The minimum Gasteiger partial charge on any atom is -0.389 e. The first-order valence-electron chi connectivity index (χ1n) is 5.22. The van der Waals surface area contributed by atoms with Crippen LogP contribution in [0.15, 0.2) is 24.3 Å². The van der Waals surface area contributed by atoms with Crippen LogP contribution in [0.25, 0.3) is 0 Å². The summed E-state index contributed by atoms with van der Waals surface area (Å²) in [6.07, 6.45) is -0.511. The second-order valence-electron chi connectivity index (χ2n) is 3.94. The van der Waals surface area contributed by atoms with Crippen LogP contribution in [0.1, 0.15) is 5.56 Å². The monoisotopic (exact) mass is 227 g/mol. The average molecular weight is 227 g/mol. The van der Waals surface area contributed by atoms with Crippen molar-refractivity contribution in [3.63, 3.8) is 0 Å². The predicted octanol–water partition coefficient (Wildman–Crippen LogP) is 1.26. The summed E-state index contributed by atoms with van der Waals surface area (Å²) in [4.78, 5) is 1.93. The normalized spacial score (nSPS) is 13.1. The number of benzene rings is 1. The zero-order valence-electron chi connectivity index (χ0n) is 9.69. The Morgan fingerprint density at radius 2 is 2.25 bits per heavy atom. The van der Waals surface area contributed by atoms with E-state index < -0.39 is 6.10 Å². The van der Waals surface area contributed by atoms with E-state index in [1.165, 1.54) is 12.1 Å². The number of aliphatic hydroxyl groups excluding tert-OH is 1. The van der Waals surface area contributed by atoms with E-state index in [4.69, 9.17) is 4.74 Å². The summed E-state index contributed by atoms with van der Waals surface area (Å²) in [5.74, 6) is -0.233. The van der Waals surface area contributed by atoms with Crippen LogP contribution in [0, 0.1) is 5.82 Å². The molecular formula is C12H18FNO2. The van der Waals surface area contributed by atoms with Gasteiger partial charge in [0, 0.05) is 20.2 Å². The van der Waals surface area contributed by atoms with Gasteiger partial charge in [0.15, 0.2) is 0 Å². The van der Waals surface area contributed by atoms with Gasteiger partial charge in [0.05, 0.1) is 12.7 Å². The smallest absolute Gasteiger partial charge is 0.123 e. The molecule has 1 N–H and O–H groups in total. The maximum Gasteiger partial charge on any atom is 0.123 e. The van der Waals surface area contributed by atoms with Gasteiger partial charge < -0.3 is 9.84 Å². The fraction of sp³-hybridized carbons (Fsp3) is 0.500. The Bertz CT molecular complexity index is 320. The molecule has 0 aliphatic heterocycles. The summed E-state index contributed by atoms with van der Waals surface area (Å²) in [7, 11) is 3.43. The molecular weight excluding hydrogens is 209 g/mol. The van der Waals surface area contributed by atoms with Crippen LogP contribution < -0.4 is 0 Å². The first kappa shape index (κ1) is 13.1. The fourth-order valence-electron chi connectivity index (χ4n) is 1.62. The quantitative estimate of drug-likeness (QED) is 0.794. The Morgan fingerprint density at radius 3 is 2.88 bits per heavy atom. The maximum absolute atomic E-state index is 12.9. The topological polar surface area (TPSA) is 32.7 Å². The lowest BCUT2D eigenvalue weighted by Crippen LogP contribution is -2.31. The van der Waals surface area contributed by atoms with Crippen molar-refractivity contribution in [3.8, 4) is 0 Å². The van der Waals surface area contributed by atoms with E-state index in [2.05, 4.69) is 0 Å². The lowest BCUT2D eigenvalue weighted by atomic mass is 10.2. The minimum atomic E-state index is -0.511. The SMILES string of the molecule is COCC(O)CN(C)Cc1cccc(F)c1. The van der Waals surface area contributed by atoms with Crippen LogP contribution in [-0.4, -0.2) is 43.4 Å². The second kappa shape index (κ2) is 6.58. The Morgan fingerprint density at radius 1 is 1.50 bits per heavy atom. The number of hydrogen-bond acceptors (Lipinski definition) is 3. The molecule has 0 saturated heterocycles. The molecule has 3 nitrogen and oxygen atoms in total. The molecule has 1 rings (SSSR count). The van der Waals surface area contributed by atoms with Crippen LogP contribution in [0.4, 0.5) is 4.39 Å². The molecule has 0 aliphatic rings. The van der Waals surface area contributed by atoms with Crippen molar-refractivity contribution in [3.05, 3.63) is 35.6 Å². The van der Waals surface area contributed by atoms with Crippen LogP contribution in [0.5, 0.6) is 0 Å². The summed E-state index contributed by atoms with van der Waals surface area (Å²) in [5, 5.41) is 9.51. The maximum atomic E-state index is 12.9. The first-order valence-corrected chi connectivity index (χ1v) is 5.22. The van der Waals surface area contributed by atoms with Gasteiger partial charge in [-0.05, 0) is 24.7 Å². The molecule has 0 bridgehead atoms. The van der Waals surface area contributed by atoms with Crippen molar-refractivity contribution in [1.29, 1.82) is 0 Å². The van der Waals surface area contributed by atoms with Gasteiger partial charge in [-0.2, -0.15) is 0 Å². The zero-order valence-corrected chi connectivity index (χ0v) is 9.69. The van der Waals surface area contributed by atoms with E-state index in [1.807, 2.05) is 18.0 Å². The molecule has 1 atom stereocenters. The van der Waals surface area contributed by atoms with Gasteiger partial charge in [-0.1, -0.05) is 12.1 Å². The van der Waals surface area contributed by atoms with Crippen LogP contribution in [-0.2, 0) is 11.3 Å². The first-order chi connectivity index (χ1) is 7.61. The number of likely N-dealkylation sites (N-methyl/N-ethyl adjacent to an activating group) is 1. The molecule has 4 heteroatoms. The van der Waals surface area contributed by atoms with Crippen LogP contribution in [0.3, 0.4) is 0 Å². The Kier molecular flexibility index (Phi) is 5.38. The van der Waals surface area contributed by atoms with Crippen molar-refractivity contribution in [2.45, 2.75) is 12.6 Å². The molecule has 0 fully saturated rings. The second-order valence-corrected chi connectivity index (χ2v) is 3.94. The third-order valence-corrected chi connectivity index (χ3v) is 2.22. The molecule has 0 heterocycles. The summed E-state index contributed by atoms with van der Waals surface area (Å²) < 4.78 is 17.8. The van der Waals surface area contributed by atoms with Crippen molar-refractivity contribution < 1.29 is 14.2 Å². The van der Waals surface area contributed by atoms with E-state index in [0.29, 0.717) is 19.7 Å². The Hall–Kier alpha value is -0.970. The van der Waals surface area contributed by atoms with Gasteiger partial charge in [-0.3, -0.25) is 4.90 Å². The molecule has 90 valence electrons. The molecule has 0 spiro atoms. The number of hydrogen-bond donors (Lipinski definition) is 1. The molecule has 0 radical (unpaired) electrons. The van der Waals surface area contributed by atoms with Crippen LogP contribution in [0.2, 0.25) is 0 Å². The Labute approximate surface area is 95.5 Å². The van der Waals surface area contributed by atoms with Crippen molar-refractivity contribution in [2.24, 2.45) is 0 Å². The van der Waals surface area contributed by atoms with Gasteiger partial charge in [-0.15, -0.1) is 0 Å². The minimum absolute atomic E-state index is 0.233. The van der Waals surface area contributed by atoms with Crippen LogP contribution >= 0.6 is 0 Å². The lowest BCUT2D eigenvalue weighted by Gasteiger charge is -2.20. The highest BCUT2D eigenvalue weighted by atomic mass is 19.1. The van der Waals surface area contributed by atoms with Gasteiger partial charge in [-0.25, -0.2) is 4.39 Å². The largest absolute Gasteiger partial charge is 0.389 e. The highest BCUT2D eigenvalue weighted by molar-refractivity contribution is 5.15. The Balaban J connectivity index is 2.42. The van der Waals surface area contributed by atoms with Crippen molar-refractivity contribution >= 4 is 0 Å². The van der Waals surface area contributed by atoms with Gasteiger partial charge in [0.25, 0.3) is 0 Å². The number of rotatable bonds is 6. The highest BCUT2D eigenvalue weighted by Crippen LogP contribution is 2.06. The van der Waals surface area contributed by atoms with E-state index in [1.54, 1.807) is 13.2 Å². The van der Waals surface area contributed by atoms with Crippen molar-refractivity contribution in [1.82, 2.24) is 4.90 Å².